The largest absolute Gasteiger partial charge is 0.465 e. The van der Waals surface area contributed by atoms with Gasteiger partial charge in [-0.2, -0.15) is 16.9 Å². The summed E-state index contributed by atoms with van der Waals surface area (Å²) in [5.74, 6) is 3.11. The number of para-hydroxylation sites is 1. The van der Waals surface area contributed by atoms with Gasteiger partial charge in [-0.05, 0) is 44.1 Å². The van der Waals surface area contributed by atoms with Gasteiger partial charge in [-0.15, -0.1) is 0 Å². The summed E-state index contributed by atoms with van der Waals surface area (Å²) in [6, 6.07) is 9.92. The molecule has 1 aromatic carbocycles. The lowest BCUT2D eigenvalue weighted by molar-refractivity contribution is -0.149. The summed E-state index contributed by atoms with van der Waals surface area (Å²) in [6.45, 7) is 3.59. The molecule has 4 rings (SSSR count). The molecule has 2 heterocycles. The molecule has 0 N–H and O–H groups in total. The van der Waals surface area contributed by atoms with Gasteiger partial charge in [0.1, 0.15) is 11.9 Å². The summed E-state index contributed by atoms with van der Waals surface area (Å²) in [7, 11) is 0. The van der Waals surface area contributed by atoms with Gasteiger partial charge in [-0.3, -0.25) is 14.3 Å². The highest BCUT2D eigenvalue weighted by Gasteiger charge is 2.33. The third-order valence-corrected chi connectivity index (χ3v) is 6.35. The first-order valence-corrected chi connectivity index (χ1v) is 11.0. The number of benzene rings is 1. The zero-order valence-corrected chi connectivity index (χ0v) is 17.0. The third-order valence-electron chi connectivity index (χ3n) is 4.93. The van der Waals surface area contributed by atoms with Crippen molar-refractivity contribution in [2.75, 3.05) is 24.7 Å². The number of thioether (sulfide) groups is 1. The fourth-order valence-electron chi connectivity index (χ4n) is 3.38. The van der Waals surface area contributed by atoms with Crippen molar-refractivity contribution in [3.8, 4) is 5.69 Å². The number of aromatic nitrogens is 3. The Bertz CT molecular complexity index is 860. The Morgan fingerprint density at radius 3 is 2.81 bits per heavy atom. The van der Waals surface area contributed by atoms with E-state index in [4.69, 9.17) is 22.1 Å². The second-order valence-corrected chi connectivity index (χ2v) is 8.40. The molecule has 27 heavy (non-hydrogen) atoms. The van der Waals surface area contributed by atoms with Gasteiger partial charge < -0.3 is 4.74 Å². The molecule has 1 aliphatic heterocycles. The highest BCUT2D eigenvalue weighted by molar-refractivity contribution is 7.99. The maximum Gasteiger partial charge on any atom is 0.324 e. The molecule has 2 aromatic rings. The number of esters is 1. The molecule has 0 radical (unpaired) electrons. The quantitative estimate of drug-likeness (QED) is 0.544. The van der Waals surface area contributed by atoms with Crippen LogP contribution in [0.2, 0.25) is 0 Å². The van der Waals surface area contributed by atoms with Gasteiger partial charge in [-0.25, -0.2) is 4.68 Å². The molecule has 0 unspecified atom stereocenters. The number of nitrogens with zero attached hydrogens (tertiary/aromatic N) is 4. The Balaban J connectivity index is 1.64. The third kappa shape index (κ3) is 3.97. The van der Waals surface area contributed by atoms with Crippen molar-refractivity contribution in [2.24, 2.45) is 0 Å². The van der Waals surface area contributed by atoms with E-state index >= 15 is 0 Å². The van der Waals surface area contributed by atoms with Crippen molar-refractivity contribution >= 4 is 29.9 Å². The summed E-state index contributed by atoms with van der Waals surface area (Å²) >= 11 is 7.57. The highest BCUT2D eigenvalue weighted by Crippen LogP contribution is 2.40. The van der Waals surface area contributed by atoms with Crippen LogP contribution in [0.4, 0.5) is 0 Å². The van der Waals surface area contributed by atoms with Gasteiger partial charge >= 0.3 is 5.97 Å². The fraction of sp³-hybridized carbons (Fsp3) is 0.526. The molecule has 2 fully saturated rings. The van der Waals surface area contributed by atoms with Gasteiger partial charge in [0, 0.05) is 29.7 Å². The minimum atomic E-state index is -0.239. The maximum atomic E-state index is 12.4. The monoisotopic (exact) mass is 404 g/mol. The van der Waals surface area contributed by atoms with Crippen LogP contribution in [0, 0.1) is 4.77 Å². The molecule has 1 atom stereocenters. The minimum Gasteiger partial charge on any atom is -0.465 e. The fourth-order valence-corrected chi connectivity index (χ4v) is 4.78. The van der Waals surface area contributed by atoms with Gasteiger partial charge in [0.25, 0.3) is 0 Å². The minimum absolute atomic E-state index is 0.152. The SMILES string of the molecule is CCOC(=O)[C@@H]1CSCCN1Cn1nc(C2CC2)n(-c2ccccc2)c1=S. The van der Waals surface area contributed by atoms with E-state index in [-0.39, 0.29) is 12.0 Å². The molecule has 8 heteroatoms. The molecule has 1 saturated carbocycles. The molecule has 1 saturated heterocycles. The summed E-state index contributed by atoms with van der Waals surface area (Å²) < 4.78 is 9.92. The number of carbonyl (C=O) groups is 1. The van der Waals surface area contributed by atoms with Crippen LogP contribution in [-0.4, -0.2) is 55.9 Å². The van der Waals surface area contributed by atoms with E-state index in [1.54, 1.807) is 11.8 Å². The summed E-state index contributed by atoms with van der Waals surface area (Å²) in [4.78, 5) is 14.5. The normalized spacial score (nSPS) is 20.6. The Morgan fingerprint density at radius 2 is 2.11 bits per heavy atom. The average Bonchev–Trinajstić information content (AvgIpc) is 3.48. The number of hydrogen-bond donors (Lipinski definition) is 0. The lowest BCUT2D eigenvalue weighted by atomic mass is 10.3. The first kappa shape index (κ1) is 18.7. The van der Waals surface area contributed by atoms with Crippen LogP contribution in [0.15, 0.2) is 30.3 Å². The molecule has 0 spiro atoms. The molecule has 1 aromatic heterocycles. The van der Waals surface area contributed by atoms with E-state index in [1.165, 1.54) is 0 Å². The number of hydrogen-bond acceptors (Lipinski definition) is 6. The van der Waals surface area contributed by atoms with E-state index in [0.29, 0.717) is 24.0 Å². The second kappa shape index (κ2) is 8.16. The first-order chi connectivity index (χ1) is 13.2. The number of ether oxygens (including phenoxy) is 1. The van der Waals surface area contributed by atoms with Gasteiger partial charge in [0.15, 0.2) is 0 Å². The number of carbonyl (C=O) groups excluding carboxylic acids is 1. The summed E-state index contributed by atoms with van der Waals surface area (Å²) in [5.41, 5.74) is 1.05. The molecule has 0 bridgehead atoms. The second-order valence-electron chi connectivity index (χ2n) is 6.88. The van der Waals surface area contributed by atoms with E-state index in [2.05, 4.69) is 21.6 Å². The van der Waals surface area contributed by atoms with E-state index < -0.39 is 0 Å². The summed E-state index contributed by atoms with van der Waals surface area (Å²) in [5, 5.41) is 4.86. The maximum absolute atomic E-state index is 12.4. The molecule has 1 aliphatic carbocycles. The van der Waals surface area contributed by atoms with Crippen molar-refractivity contribution in [2.45, 2.75) is 38.4 Å². The Morgan fingerprint density at radius 1 is 1.33 bits per heavy atom. The molecule has 0 amide bonds. The Hall–Kier alpha value is -1.64. The van der Waals surface area contributed by atoms with Crippen molar-refractivity contribution < 1.29 is 9.53 Å². The van der Waals surface area contributed by atoms with Crippen LogP contribution in [-0.2, 0) is 16.2 Å². The molecular formula is C19H24N4O2S2. The van der Waals surface area contributed by atoms with Crippen LogP contribution in [0.25, 0.3) is 5.69 Å². The van der Waals surface area contributed by atoms with Gasteiger partial charge in [0.05, 0.1) is 13.3 Å². The van der Waals surface area contributed by atoms with Crippen molar-refractivity contribution in [1.82, 2.24) is 19.2 Å². The van der Waals surface area contributed by atoms with Crippen LogP contribution < -0.4 is 0 Å². The van der Waals surface area contributed by atoms with Crippen molar-refractivity contribution in [3.05, 3.63) is 40.9 Å². The smallest absolute Gasteiger partial charge is 0.324 e. The molecule has 6 nitrogen and oxygen atoms in total. The molecular weight excluding hydrogens is 380 g/mol. The Kier molecular flexibility index (Phi) is 5.66. The zero-order chi connectivity index (χ0) is 18.8. The zero-order valence-electron chi connectivity index (χ0n) is 15.4. The van der Waals surface area contributed by atoms with E-state index in [1.807, 2.05) is 29.8 Å². The van der Waals surface area contributed by atoms with Crippen molar-refractivity contribution in [3.63, 3.8) is 0 Å². The average molecular weight is 405 g/mol. The lowest BCUT2D eigenvalue weighted by Gasteiger charge is -2.33. The van der Waals surface area contributed by atoms with Crippen molar-refractivity contribution in [1.29, 1.82) is 0 Å². The van der Waals surface area contributed by atoms with E-state index in [0.717, 1.165) is 42.4 Å². The van der Waals surface area contributed by atoms with Gasteiger partial charge in [-0.1, -0.05) is 18.2 Å². The molecule has 2 aliphatic rings. The van der Waals surface area contributed by atoms with E-state index in [9.17, 15) is 4.79 Å². The van der Waals surface area contributed by atoms with Gasteiger partial charge in [0.2, 0.25) is 4.77 Å². The number of rotatable bonds is 6. The highest BCUT2D eigenvalue weighted by atomic mass is 32.2. The van der Waals surface area contributed by atoms with Crippen LogP contribution >= 0.6 is 24.0 Å². The molecule has 144 valence electrons. The van der Waals surface area contributed by atoms with Crippen LogP contribution in [0.5, 0.6) is 0 Å². The van der Waals surface area contributed by atoms with Crippen LogP contribution in [0.1, 0.15) is 31.5 Å². The first-order valence-electron chi connectivity index (χ1n) is 9.42. The topological polar surface area (TPSA) is 52.3 Å². The summed E-state index contributed by atoms with van der Waals surface area (Å²) in [6.07, 6.45) is 2.31. The standard InChI is InChI=1S/C19H24N4O2S2/c1-2-25-18(24)16-12-27-11-10-21(16)13-22-19(26)23(15-6-4-3-5-7-15)17(20-22)14-8-9-14/h3-7,14,16H,2,8-13H2,1H3/t16-/m0/s1. The lowest BCUT2D eigenvalue weighted by Crippen LogP contribution is -2.48. The van der Waals surface area contributed by atoms with Crippen LogP contribution in [0.3, 0.4) is 0 Å². The Labute approximate surface area is 168 Å². The predicted octanol–water partition coefficient (Wildman–Crippen LogP) is 3.22. The predicted molar refractivity (Wildman–Crippen MR) is 109 cm³/mol.